The molecule has 0 aromatic heterocycles. The number of nitriles is 2. The van der Waals surface area contributed by atoms with Gasteiger partial charge in [-0.15, -0.1) is 0 Å². The van der Waals surface area contributed by atoms with E-state index in [2.05, 4.69) is 12.1 Å². The van der Waals surface area contributed by atoms with Crippen LogP contribution in [0.25, 0.3) is 27.1 Å². The first kappa shape index (κ1) is 29.7. The van der Waals surface area contributed by atoms with Gasteiger partial charge in [-0.05, 0) is 56.0 Å². The Kier molecular flexibility index (Phi) is 7.42. The summed E-state index contributed by atoms with van der Waals surface area (Å²) in [6.07, 6.45) is 0. The SMILES string of the molecule is COC(=O)C1=C(c2c3ccccc3cc3ccccc23)C(C#N)(C#N)C(=O)C1=P(c1ccccc1)(c1ccccc1)c1ccccc1. The molecule has 6 aromatic carbocycles. The Labute approximate surface area is 272 Å². The van der Waals surface area contributed by atoms with Crippen LogP contribution >= 0.6 is 6.89 Å². The molecule has 0 saturated carbocycles. The van der Waals surface area contributed by atoms with Crippen molar-refractivity contribution in [2.24, 2.45) is 5.41 Å². The molecule has 0 saturated heterocycles. The molecule has 0 unspecified atom stereocenters. The van der Waals surface area contributed by atoms with Crippen molar-refractivity contribution < 1.29 is 14.3 Å². The molecule has 0 radical (unpaired) electrons. The van der Waals surface area contributed by atoms with Crippen LogP contribution in [0.15, 0.2) is 151 Å². The predicted octanol–water partition coefficient (Wildman–Crippen LogP) is 6.70. The van der Waals surface area contributed by atoms with Gasteiger partial charge in [0.1, 0.15) is 0 Å². The molecule has 0 fully saturated rings. The van der Waals surface area contributed by atoms with Crippen LogP contribution < -0.4 is 15.9 Å². The Morgan fingerprint density at radius 1 is 0.638 bits per heavy atom. The van der Waals surface area contributed by atoms with Crippen LogP contribution in [0.3, 0.4) is 0 Å². The van der Waals surface area contributed by atoms with Crippen molar-refractivity contribution in [2.75, 3.05) is 7.11 Å². The van der Waals surface area contributed by atoms with Crippen LogP contribution in [0.4, 0.5) is 0 Å². The van der Waals surface area contributed by atoms with Crippen LogP contribution in [0.5, 0.6) is 0 Å². The van der Waals surface area contributed by atoms with Gasteiger partial charge in [-0.2, -0.15) is 10.5 Å². The molecule has 0 aliphatic heterocycles. The Balaban J connectivity index is 1.85. The van der Waals surface area contributed by atoms with Crippen LogP contribution in [-0.2, 0) is 14.3 Å². The third-order valence-electron chi connectivity index (χ3n) is 8.93. The van der Waals surface area contributed by atoms with Crippen LogP contribution in [0, 0.1) is 28.1 Å². The largest absolute Gasteiger partial charge is 0.465 e. The van der Waals surface area contributed by atoms with E-state index in [4.69, 9.17) is 4.74 Å². The number of methoxy groups -OCH3 is 1. The van der Waals surface area contributed by atoms with Gasteiger partial charge >= 0.3 is 5.97 Å². The molecule has 47 heavy (non-hydrogen) atoms. The van der Waals surface area contributed by atoms with Crippen molar-refractivity contribution in [3.63, 3.8) is 0 Å². The summed E-state index contributed by atoms with van der Waals surface area (Å²) >= 11 is 0. The predicted molar refractivity (Wildman–Crippen MR) is 189 cm³/mol. The summed E-state index contributed by atoms with van der Waals surface area (Å²) < 4.78 is 5.50. The highest BCUT2D eigenvalue weighted by Gasteiger charge is 2.58. The number of ether oxygens (including phenoxy) is 1. The number of carbonyl (C=O) groups excluding carboxylic acids is 2. The summed E-state index contributed by atoms with van der Waals surface area (Å²) in [5, 5.41) is 27.8. The number of esters is 1. The first-order chi connectivity index (χ1) is 23.0. The van der Waals surface area contributed by atoms with Gasteiger partial charge < -0.3 is 4.74 Å². The highest BCUT2D eigenvalue weighted by Crippen LogP contribution is 2.57. The van der Waals surface area contributed by atoms with Crippen molar-refractivity contribution in [1.29, 1.82) is 10.5 Å². The van der Waals surface area contributed by atoms with E-state index in [1.165, 1.54) is 7.11 Å². The second-order valence-electron chi connectivity index (χ2n) is 11.3. The zero-order valence-electron chi connectivity index (χ0n) is 25.4. The average molecular weight is 627 g/mol. The molecule has 0 amide bonds. The quantitative estimate of drug-likeness (QED) is 0.121. The first-order valence-electron chi connectivity index (χ1n) is 15.1. The maximum Gasteiger partial charge on any atom is 0.339 e. The maximum absolute atomic E-state index is 15.4. The Bertz CT molecular complexity index is 2230. The van der Waals surface area contributed by atoms with E-state index in [1.54, 1.807) is 0 Å². The second-order valence-corrected chi connectivity index (χ2v) is 14.6. The minimum absolute atomic E-state index is 0.0352. The number of allylic oxidation sites excluding steroid dienone is 1. The number of carbonyl (C=O) groups is 2. The molecule has 0 N–H and O–H groups in total. The lowest BCUT2D eigenvalue weighted by atomic mass is 9.76. The standard InChI is InChI=1S/C41H27N2O3P/c1-46-40(45)36-37(35-33-23-13-11-15-28(33)25-29-16-12-14-24-34(29)35)41(26-42,27-43)39(44)38(36)47(30-17-5-2-6-18-30,31-19-7-3-8-20-31)32-21-9-4-10-22-32/h2-25H,1H3. The molecule has 6 aromatic rings. The van der Waals surface area contributed by atoms with Gasteiger partial charge in [0.15, 0.2) is 0 Å². The Morgan fingerprint density at radius 3 is 1.45 bits per heavy atom. The summed E-state index contributed by atoms with van der Waals surface area (Å²) in [6.45, 7) is -3.26. The summed E-state index contributed by atoms with van der Waals surface area (Å²) in [5.41, 5.74) is -1.81. The van der Waals surface area contributed by atoms with Gasteiger partial charge in [0.2, 0.25) is 11.2 Å². The normalized spacial score (nSPS) is 14.2. The number of hydrogen-bond donors (Lipinski definition) is 0. The van der Waals surface area contributed by atoms with Crippen molar-refractivity contribution in [3.05, 3.63) is 157 Å². The molecule has 5 nitrogen and oxygen atoms in total. The number of ketones is 1. The molecular formula is C41H27N2O3P. The van der Waals surface area contributed by atoms with Gasteiger partial charge in [-0.1, -0.05) is 140 Å². The van der Waals surface area contributed by atoms with Gasteiger partial charge in [-0.25, -0.2) is 4.79 Å². The maximum atomic E-state index is 15.4. The van der Waals surface area contributed by atoms with E-state index >= 15 is 4.79 Å². The number of benzene rings is 6. The average Bonchev–Trinajstić information content (AvgIpc) is 3.40. The van der Waals surface area contributed by atoms with E-state index in [9.17, 15) is 15.3 Å². The van der Waals surface area contributed by atoms with Crippen molar-refractivity contribution >= 4 is 67.0 Å². The molecule has 0 heterocycles. The molecule has 1 aliphatic rings. The second kappa shape index (κ2) is 11.7. The summed E-state index contributed by atoms with van der Waals surface area (Å²) in [4.78, 5) is 29.9. The topological polar surface area (TPSA) is 90.9 Å². The first-order valence-corrected chi connectivity index (χ1v) is 16.9. The summed E-state index contributed by atoms with van der Waals surface area (Å²) in [7, 11) is 1.27. The zero-order valence-corrected chi connectivity index (χ0v) is 26.3. The highest BCUT2D eigenvalue weighted by atomic mass is 31.2. The highest BCUT2D eigenvalue weighted by molar-refractivity contribution is 7.97. The van der Waals surface area contributed by atoms with Crippen LogP contribution in [0.2, 0.25) is 0 Å². The number of Topliss-reactive ketones (excluding diaryl/α,β-unsaturated/α-hetero) is 1. The Morgan fingerprint density at radius 2 is 1.04 bits per heavy atom. The van der Waals surface area contributed by atoms with Gasteiger partial charge in [0.05, 0.1) is 24.8 Å². The Hall–Kier alpha value is -6.00. The molecule has 1 aliphatic carbocycles. The van der Waals surface area contributed by atoms with Gasteiger partial charge in [0, 0.05) is 10.9 Å². The van der Waals surface area contributed by atoms with Crippen molar-refractivity contribution in [1.82, 2.24) is 0 Å². The molecule has 0 spiro atoms. The van der Waals surface area contributed by atoms with Gasteiger partial charge in [0.25, 0.3) is 0 Å². The molecule has 6 heteroatoms. The summed E-state index contributed by atoms with van der Waals surface area (Å²) in [5.74, 6) is -1.49. The van der Waals surface area contributed by atoms with Crippen molar-refractivity contribution in [2.45, 2.75) is 0 Å². The van der Waals surface area contributed by atoms with E-state index in [0.717, 1.165) is 37.5 Å². The minimum Gasteiger partial charge on any atom is -0.465 e. The lowest BCUT2D eigenvalue weighted by molar-refractivity contribution is -0.135. The van der Waals surface area contributed by atoms with E-state index in [0.29, 0.717) is 5.56 Å². The number of hydrogen-bond acceptors (Lipinski definition) is 5. The third-order valence-corrected chi connectivity index (χ3v) is 13.2. The minimum atomic E-state index is -3.26. The van der Waals surface area contributed by atoms with E-state index < -0.39 is 24.1 Å². The fraction of sp³-hybridized carbons (Fsp3) is 0.0488. The smallest absolute Gasteiger partial charge is 0.339 e. The van der Waals surface area contributed by atoms with Crippen LogP contribution in [0.1, 0.15) is 5.56 Å². The fourth-order valence-corrected chi connectivity index (χ4v) is 11.5. The molecule has 0 bridgehead atoms. The zero-order chi connectivity index (χ0) is 32.6. The number of rotatable bonds is 5. The van der Waals surface area contributed by atoms with Crippen molar-refractivity contribution in [3.8, 4) is 12.1 Å². The number of fused-ring (bicyclic) bond motifs is 2. The molecule has 224 valence electrons. The molecule has 0 atom stereocenters. The fourth-order valence-electron chi connectivity index (χ4n) is 6.95. The number of nitrogens with zero attached hydrogens (tertiary/aromatic N) is 2. The van der Waals surface area contributed by atoms with E-state index in [-0.39, 0.29) is 16.4 Å². The monoisotopic (exact) mass is 626 g/mol. The van der Waals surface area contributed by atoms with Crippen LogP contribution in [-0.4, -0.2) is 24.2 Å². The summed E-state index contributed by atoms with van der Waals surface area (Å²) in [6, 6.07) is 50.4. The lowest BCUT2D eigenvalue weighted by Gasteiger charge is -2.32. The van der Waals surface area contributed by atoms with E-state index in [1.807, 2.05) is 146 Å². The third kappa shape index (κ3) is 4.29. The van der Waals surface area contributed by atoms with Gasteiger partial charge in [-0.3, -0.25) is 4.79 Å². The molecule has 7 rings (SSSR count). The lowest BCUT2D eigenvalue weighted by Crippen LogP contribution is -2.37. The molecular weight excluding hydrogens is 599 g/mol.